The highest BCUT2D eigenvalue weighted by atomic mass is 14.9. The highest BCUT2D eigenvalue weighted by molar-refractivity contribution is 5.81. The molecule has 2 nitrogen and oxygen atoms in total. The van der Waals surface area contributed by atoms with Crippen molar-refractivity contribution in [3.8, 4) is 0 Å². The Balaban J connectivity index is 2.12. The van der Waals surface area contributed by atoms with E-state index in [4.69, 9.17) is 5.73 Å². The number of hydrogen-bond donors (Lipinski definition) is 1. The predicted molar refractivity (Wildman–Crippen MR) is 67.5 cm³/mol. The molecule has 3 rings (SSSR count). The van der Waals surface area contributed by atoms with Gasteiger partial charge < -0.3 is 10.3 Å². The quantitative estimate of drug-likeness (QED) is 0.818. The predicted octanol–water partition coefficient (Wildman–Crippen LogP) is 2.56. The van der Waals surface area contributed by atoms with Gasteiger partial charge in [-0.3, -0.25) is 0 Å². The Kier molecular flexibility index (Phi) is 1.93. The van der Waals surface area contributed by atoms with Crippen LogP contribution in [0.5, 0.6) is 0 Å². The van der Waals surface area contributed by atoms with Crippen LogP contribution in [0.25, 0.3) is 10.9 Å². The van der Waals surface area contributed by atoms with Crippen LogP contribution in [-0.4, -0.2) is 10.6 Å². The minimum atomic E-state index is 0.258. The van der Waals surface area contributed by atoms with Gasteiger partial charge in [0.2, 0.25) is 0 Å². The summed E-state index contributed by atoms with van der Waals surface area (Å²) in [7, 11) is 2.08. The molecule has 0 saturated heterocycles. The van der Waals surface area contributed by atoms with E-state index in [0.717, 1.165) is 0 Å². The number of rotatable bonds is 2. The fourth-order valence-corrected chi connectivity index (χ4v) is 2.73. The summed E-state index contributed by atoms with van der Waals surface area (Å²) in [4.78, 5) is 0. The molecule has 0 bridgehead atoms. The highest BCUT2D eigenvalue weighted by Gasteiger charge is 2.47. The van der Waals surface area contributed by atoms with Gasteiger partial charge in [0.15, 0.2) is 0 Å². The number of hydrogen-bond acceptors (Lipinski definition) is 1. The van der Waals surface area contributed by atoms with E-state index >= 15 is 0 Å². The third-order valence-corrected chi connectivity index (χ3v) is 4.12. The summed E-state index contributed by atoms with van der Waals surface area (Å²) >= 11 is 0. The van der Waals surface area contributed by atoms with E-state index in [-0.39, 0.29) is 11.5 Å². The zero-order valence-electron chi connectivity index (χ0n) is 9.90. The molecule has 1 unspecified atom stereocenters. The fourth-order valence-electron chi connectivity index (χ4n) is 2.73. The third-order valence-electron chi connectivity index (χ3n) is 4.12. The van der Waals surface area contributed by atoms with Crippen LogP contribution in [-0.2, 0) is 12.5 Å². The summed E-state index contributed by atoms with van der Waals surface area (Å²) in [5.74, 6) is 0. The van der Waals surface area contributed by atoms with Crippen molar-refractivity contribution >= 4 is 10.9 Å². The number of benzene rings is 1. The van der Waals surface area contributed by atoms with Crippen LogP contribution in [0.4, 0.5) is 0 Å². The van der Waals surface area contributed by atoms with E-state index in [1.54, 1.807) is 0 Å². The van der Waals surface area contributed by atoms with Gasteiger partial charge in [0, 0.05) is 30.2 Å². The molecule has 1 saturated carbocycles. The Hall–Kier alpha value is -1.28. The normalized spacial score (nSPS) is 19.9. The minimum Gasteiger partial charge on any atom is -0.351 e. The lowest BCUT2D eigenvalue weighted by molar-refractivity contribution is 0.557. The number of aryl methyl sites for hydroxylation is 1. The number of nitrogens with zero attached hydrogens (tertiary/aromatic N) is 1. The van der Waals surface area contributed by atoms with Crippen LogP contribution < -0.4 is 5.73 Å². The maximum Gasteiger partial charge on any atom is 0.0477 e. The smallest absolute Gasteiger partial charge is 0.0477 e. The molecule has 1 aromatic carbocycles. The first-order chi connectivity index (χ1) is 7.63. The van der Waals surface area contributed by atoms with Crippen molar-refractivity contribution in [2.24, 2.45) is 12.8 Å². The van der Waals surface area contributed by atoms with Gasteiger partial charge >= 0.3 is 0 Å². The molecule has 0 spiro atoms. The molecule has 0 aliphatic heterocycles. The minimum absolute atomic E-state index is 0.258. The SMILES string of the molecule is CC(N)C1(c2ccc3c(ccn3C)c2)CC1. The summed E-state index contributed by atoms with van der Waals surface area (Å²) in [5.41, 5.74) is 9.09. The molecule has 0 amide bonds. The largest absolute Gasteiger partial charge is 0.351 e. The molecule has 1 heterocycles. The highest BCUT2D eigenvalue weighted by Crippen LogP contribution is 2.50. The van der Waals surface area contributed by atoms with Crippen LogP contribution in [0, 0.1) is 0 Å². The first-order valence-corrected chi connectivity index (χ1v) is 5.95. The second-order valence-electron chi connectivity index (χ2n) is 5.15. The lowest BCUT2D eigenvalue weighted by Crippen LogP contribution is -2.31. The standard InChI is InChI=1S/C14H18N2/c1-10(15)14(6-7-14)12-3-4-13-11(9-12)5-8-16(13)2/h3-5,8-10H,6-7,15H2,1-2H3. The van der Waals surface area contributed by atoms with Crippen molar-refractivity contribution in [3.05, 3.63) is 36.0 Å². The average molecular weight is 214 g/mol. The molecule has 16 heavy (non-hydrogen) atoms. The van der Waals surface area contributed by atoms with Crippen molar-refractivity contribution in [1.29, 1.82) is 0 Å². The molecule has 1 fully saturated rings. The lowest BCUT2D eigenvalue weighted by Gasteiger charge is -2.20. The van der Waals surface area contributed by atoms with E-state index in [1.807, 2.05) is 0 Å². The molecule has 0 radical (unpaired) electrons. The molecule has 2 heteroatoms. The van der Waals surface area contributed by atoms with Gasteiger partial charge in [0.05, 0.1) is 0 Å². The van der Waals surface area contributed by atoms with Crippen molar-refractivity contribution in [3.63, 3.8) is 0 Å². The zero-order valence-corrected chi connectivity index (χ0v) is 9.90. The molecular formula is C14H18N2. The van der Waals surface area contributed by atoms with E-state index in [0.29, 0.717) is 0 Å². The van der Waals surface area contributed by atoms with E-state index in [1.165, 1.54) is 29.3 Å². The maximum absolute atomic E-state index is 6.11. The Labute approximate surface area is 96.1 Å². The Morgan fingerprint density at radius 1 is 1.31 bits per heavy atom. The van der Waals surface area contributed by atoms with Gasteiger partial charge in [-0.25, -0.2) is 0 Å². The topological polar surface area (TPSA) is 30.9 Å². The second kappa shape index (κ2) is 3.11. The van der Waals surface area contributed by atoms with Crippen LogP contribution in [0.3, 0.4) is 0 Å². The van der Waals surface area contributed by atoms with Crippen molar-refractivity contribution < 1.29 is 0 Å². The first kappa shape index (κ1) is 9.91. The molecule has 2 N–H and O–H groups in total. The number of fused-ring (bicyclic) bond motifs is 1. The van der Waals surface area contributed by atoms with Crippen LogP contribution in [0.1, 0.15) is 25.3 Å². The van der Waals surface area contributed by atoms with Crippen LogP contribution in [0.2, 0.25) is 0 Å². The average Bonchev–Trinajstić information content (AvgIpc) is 3.00. The van der Waals surface area contributed by atoms with E-state index in [2.05, 4.69) is 49.0 Å². The summed E-state index contributed by atoms with van der Waals surface area (Å²) in [6.45, 7) is 2.13. The lowest BCUT2D eigenvalue weighted by atomic mass is 9.89. The number of aromatic nitrogens is 1. The van der Waals surface area contributed by atoms with Gasteiger partial charge in [0.25, 0.3) is 0 Å². The molecule has 1 aliphatic rings. The zero-order chi connectivity index (χ0) is 11.3. The maximum atomic E-state index is 6.11. The van der Waals surface area contributed by atoms with E-state index in [9.17, 15) is 0 Å². The molecule has 2 aromatic rings. The first-order valence-electron chi connectivity index (χ1n) is 5.95. The summed E-state index contributed by atoms with van der Waals surface area (Å²) in [6.07, 6.45) is 4.59. The van der Waals surface area contributed by atoms with Gasteiger partial charge in [-0.05, 0) is 48.9 Å². The van der Waals surface area contributed by atoms with Gasteiger partial charge in [-0.15, -0.1) is 0 Å². The molecule has 1 aliphatic carbocycles. The van der Waals surface area contributed by atoms with Gasteiger partial charge in [0.1, 0.15) is 0 Å². The van der Waals surface area contributed by atoms with Gasteiger partial charge in [-0.2, -0.15) is 0 Å². The monoisotopic (exact) mass is 214 g/mol. The Morgan fingerprint density at radius 3 is 2.69 bits per heavy atom. The van der Waals surface area contributed by atoms with Crippen molar-refractivity contribution in [1.82, 2.24) is 4.57 Å². The van der Waals surface area contributed by atoms with Gasteiger partial charge in [-0.1, -0.05) is 6.07 Å². The molecule has 84 valence electrons. The molecular weight excluding hydrogens is 196 g/mol. The second-order valence-corrected chi connectivity index (χ2v) is 5.15. The summed E-state index contributed by atoms with van der Waals surface area (Å²) < 4.78 is 2.16. The van der Waals surface area contributed by atoms with Crippen LogP contribution >= 0.6 is 0 Å². The third kappa shape index (κ3) is 1.23. The number of nitrogens with two attached hydrogens (primary N) is 1. The van der Waals surface area contributed by atoms with Crippen molar-refractivity contribution in [2.75, 3.05) is 0 Å². The molecule has 1 aromatic heterocycles. The fraction of sp³-hybridized carbons (Fsp3) is 0.429. The van der Waals surface area contributed by atoms with Crippen LogP contribution in [0.15, 0.2) is 30.5 Å². The Bertz CT molecular complexity index is 533. The van der Waals surface area contributed by atoms with E-state index < -0.39 is 0 Å². The Morgan fingerprint density at radius 2 is 2.06 bits per heavy atom. The summed E-state index contributed by atoms with van der Waals surface area (Å²) in [5, 5.41) is 1.33. The summed E-state index contributed by atoms with van der Waals surface area (Å²) in [6, 6.07) is 9.21. The van der Waals surface area contributed by atoms with Crippen molar-refractivity contribution in [2.45, 2.75) is 31.2 Å². The molecule has 1 atom stereocenters.